The quantitative estimate of drug-likeness (QED) is 0.810. The predicted molar refractivity (Wildman–Crippen MR) is 58.8 cm³/mol. The van der Waals surface area contributed by atoms with E-state index in [0.717, 1.165) is 5.75 Å². The number of thioether (sulfide) groups is 1. The Morgan fingerprint density at radius 2 is 2.33 bits per heavy atom. The summed E-state index contributed by atoms with van der Waals surface area (Å²) in [5.41, 5.74) is 5.98. The summed E-state index contributed by atoms with van der Waals surface area (Å²) in [6, 6.07) is 4.38. The molecule has 0 amide bonds. The molecule has 3 heteroatoms. The van der Waals surface area contributed by atoms with E-state index in [-0.39, 0.29) is 6.04 Å². The SMILES string of the molecule is CC(C)SCC(N)c1cccs1. The van der Waals surface area contributed by atoms with Crippen LogP contribution in [0.2, 0.25) is 0 Å². The second-order valence-electron chi connectivity index (χ2n) is 3.00. The van der Waals surface area contributed by atoms with Crippen molar-refractivity contribution in [3.8, 4) is 0 Å². The first kappa shape index (κ1) is 10.1. The van der Waals surface area contributed by atoms with Gasteiger partial charge >= 0.3 is 0 Å². The molecule has 1 nitrogen and oxygen atoms in total. The van der Waals surface area contributed by atoms with Crippen LogP contribution >= 0.6 is 23.1 Å². The molecule has 1 atom stereocenters. The fourth-order valence-electron chi connectivity index (χ4n) is 0.881. The lowest BCUT2D eigenvalue weighted by atomic mass is 10.3. The second-order valence-corrected chi connectivity index (χ2v) is 5.59. The van der Waals surface area contributed by atoms with Crippen molar-refractivity contribution in [1.29, 1.82) is 0 Å². The van der Waals surface area contributed by atoms with E-state index in [0.29, 0.717) is 5.25 Å². The zero-order valence-electron chi connectivity index (χ0n) is 7.49. The van der Waals surface area contributed by atoms with Crippen LogP contribution < -0.4 is 5.73 Å². The van der Waals surface area contributed by atoms with E-state index in [2.05, 4.69) is 31.4 Å². The van der Waals surface area contributed by atoms with Gasteiger partial charge in [0, 0.05) is 16.7 Å². The minimum absolute atomic E-state index is 0.220. The number of nitrogens with two attached hydrogens (primary N) is 1. The summed E-state index contributed by atoms with van der Waals surface area (Å²) in [4.78, 5) is 1.29. The van der Waals surface area contributed by atoms with Gasteiger partial charge < -0.3 is 5.73 Å². The molecule has 1 aromatic heterocycles. The molecule has 2 N–H and O–H groups in total. The van der Waals surface area contributed by atoms with E-state index in [1.165, 1.54) is 4.88 Å². The molecule has 0 fully saturated rings. The van der Waals surface area contributed by atoms with E-state index < -0.39 is 0 Å². The number of hydrogen-bond donors (Lipinski definition) is 1. The third-order valence-electron chi connectivity index (χ3n) is 1.52. The molecule has 0 aromatic carbocycles. The Hall–Kier alpha value is 0.01000. The van der Waals surface area contributed by atoms with Crippen LogP contribution in [0, 0.1) is 0 Å². The average molecular weight is 201 g/mol. The Bertz CT molecular complexity index is 206. The first-order valence-electron chi connectivity index (χ1n) is 4.10. The fourth-order valence-corrected chi connectivity index (χ4v) is 2.49. The van der Waals surface area contributed by atoms with E-state index in [1.54, 1.807) is 11.3 Å². The normalized spacial score (nSPS) is 13.7. The Morgan fingerprint density at radius 1 is 1.58 bits per heavy atom. The second kappa shape index (κ2) is 4.90. The zero-order chi connectivity index (χ0) is 8.97. The van der Waals surface area contributed by atoms with Crippen LogP contribution in [0.15, 0.2) is 17.5 Å². The van der Waals surface area contributed by atoms with Crippen molar-refractivity contribution in [2.45, 2.75) is 25.1 Å². The first-order valence-corrected chi connectivity index (χ1v) is 6.03. The summed E-state index contributed by atoms with van der Waals surface area (Å²) < 4.78 is 0. The Balaban J connectivity index is 2.34. The summed E-state index contributed by atoms with van der Waals surface area (Å²) in [6.07, 6.45) is 0. The van der Waals surface area contributed by atoms with Crippen LogP contribution in [0.5, 0.6) is 0 Å². The van der Waals surface area contributed by atoms with Gasteiger partial charge in [-0.05, 0) is 16.7 Å². The van der Waals surface area contributed by atoms with Crippen molar-refractivity contribution in [2.75, 3.05) is 5.75 Å². The molecule has 1 unspecified atom stereocenters. The highest BCUT2D eigenvalue weighted by Crippen LogP contribution is 2.22. The van der Waals surface area contributed by atoms with Crippen molar-refractivity contribution >= 4 is 23.1 Å². The van der Waals surface area contributed by atoms with Crippen LogP contribution in [-0.4, -0.2) is 11.0 Å². The molecule has 1 heterocycles. The van der Waals surface area contributed by atoms with Gasteiger partial charge in [0.15, 0.2) is 0 Å². The van der Waals surface area contributed by atoms with Gasteiger partial charge in [0.05, 0.1) is 0 Å². The Labute approximate surface area is 82.4 Å². The Morgan fingerprint density at radius 3 is 2.83 bits per heavy atom. The lowest BCUT2D eigenvalue weighted by Gasteiger charge is -2.10. The van der Waals surface area contributed by atoms with Gasteiger partial charge in [-0.1, -0.05) is 19.9 Å². The summed E-state index contributed by atoms with van der Waals surface area (Å²) >= 11 is 3.66. The molecular formula is C9H15NS2. The number of rotatable bonds is 4. The van der Waals surface area contributed by atoms with E-state index in [4.69, 9.17) is 5.73 Å². The zero-order valence-corrected chi connectivity index (χ0v) is 9.12. The third kappa shape index (κ3) is 3.17. The van der Waals surface area contributed by atoms with Crippen molar-refractivity contribution in [3.63, 3.8) is 0 Å². The molecule has 0 aliphatic carbocycles. The smallest absolute Gasteiger partial charge is 0.0481 e. The molecule has 1 aromatic rings. The lowest BCUT2D eigenvalue weighted by Crippen LogP contribution is -2.12. The van der Waals surface area contributed by atoms with Gasteiger partial charge in [0.25, 0.3) is 0 Å². The van der Waals surface area contributed by atoms with Gasteiger partial charge in [0.1, 0.15) is 0 Å². The molecular weight excluding hydrogens is 186 g/mol. The highest BCUT2D eigenvalue weighted by Gasteiger charge is 2.07. The maximum Gasteiger partial charge on any atom is 0.0481 e. The predicted octanol–water partition coefficient (Wildman–Crippen LogP) is 2.89. The van der Waals surface area contributed by atoms with Gasteiger partial charge in [-0.3, -0.25) is 0 Å². The highest BCUT2D eigenvalue weighted by atomic mass is 32.2. The van der Waals surface area contributed by atoms with Gasteiger partial charge in [-0.25, -0.2) is 0 Å². The maximum atomic E-state index is 5.98. The summed E-state index contributed by atoms with van der Waals surface area (Å²) in [5.74, 6) is 1.03. The van der Waals surface area contributed by atoms with Crippen molar-refractivity contribution < 1.29 is 0 Å². The third-order valence-corrected chi connectivity index (χ3v) is 3.74. The van der Waals surface area contributed by atoms with Gasteiger partial charge in [0.2, 0.25) is 0 Å². The largest absolute Gasteiger partial charge is 0.323 e. The van der Waals surface area contributed by atoms with Crippen molar-refractivity contribution in [1.82, 2.24) is 0 Å². The first-order chi connectivity index (χ1) is 5.70. The van der Waals surface area contributed by atoms with E-state index in [9.17, 15) is 0 Å². The van der Waals surface area contributed by atoms with Crippen LogP contribution in [0.4, 0.5) is 0 Å². The molecule has 0 saturated heterocycles. The van der Waals surface area contributed by atoms with E-state index >= 15 is 0 Å². The maximum absolute atomic E-state index is 5.98. The van der Waals surface area contributed by atoms with Crippen LogP contribution in [0.1, 0.15) is 24.8 Å². The minimum atomic E-state index is 0.220. The molecule has 12 heavy (non-hydrogen) atoms. The number of hydrogen-bond acceptors (Lipinski definition) is 3. The minimum Gasteiger partial charge on any atom is -0.323 e. The molecule has 0 spiro atoms. The van der Waals surface area contributed by atoms with Crippen LogP contribution in [0.25, 0.3) is 0 Å². The Kier molecular flexibility index (Phi) is 4.12. The van der Waals surface area contributed by atoms with Crippen molar-refractivity contribution in [2.24, 2.45) is 5.73 Å². The standard InChI is InChI=1S/C9H15NS2/c1-7(2)12-6-8(10)9-4-3-5-11-9/h3-5,7-8H,6,10H2,1-2H3. The van der Waals surface area contributed by atoms with Crippen LogP contribution in [0.3, 0.4) is 0 Å². The summed E-state index contributed by atoms with van der Waals surface area (Å²) in [7, 11) is 0. The topological polar surface area (TPSA) is 26.0 Å². The summed E-state index contributed by atoms with van der Waals surface area (Å²) in [5, 5.41) is 2.76. The highest BCUT2D eigenvalue weighted by molar-refractivity contribution is 7.99. The molecule has 0 saturated carbocycles. The van der Waals surface area contributed by atoms with Gasteiger partial charge in [-0.15, -0.1) is 11.3 Å². The molecule has 1 rings (SSSR count). The number of thiophene rings is 1. The summed E-state index contributed by atoms with van der Waals surface area (Å²) in [6.45, 7) is 4.40. The molecule has 0 aliphatic rings. The molecule has 0 radical (unpaired) electrons. The molecule has 68 valence electrons. The lowest BCUT2D eigenvalue weighted by molar-refractivity contribution is 0.848. The fraction of sp³-hybridized carbons (Fsp3) is 0.556. The molecule has 0 aliphatic heterocycles. The monoisotopic (exact) mass is 201 g/mol. The van der Waals surface area contributed by atoms with E-state index in [1.807, 2.05) is 11.8 Å². The van der Waals surface area contributed by atoms with Crippen molar-refractivity contribution in [3.05, 3.63) is 22.4 Å². The molecule has 0 bridgehead atoms. The van der Waals surface area contributed by atoms with Gasteiger partial charge in [-0.2, -0.15) is 11.8 Å². The van der Waals surface area contributed by atoms with Crippen LogP contribution in [-0.2, 0) is 0 Å². The average Bonchev–Trinajstić information content (AvgIpc) is 2.51.